The summed E-state index contributed by atoms with van der Waals surface area (Å²) in [6, 6.07) is 0.112. The Bertz CT molecular complexity index is 341. The lowest BCUT2D eigenvalue weighted by Crippen LogP contribution is -2.24. The van der Waals surface area contributed by atoms with Gasteiger partial charge >= 0.3 is 0 Å². The topological polar surface area (TPSA) is 64.9 Å². The maximum atomic E-state index is 6.03. The molecule has 0 saturated carbocycles. The van der Waals surface area contributed by atoms with Gasteiger partial charge in [0.25, 0.3) is 0 Å². The van der Waals surface area contributed by atoms with Crippen molar-refractivity contribution in [2.75, 3.05) is 0 Å². The SMILES string of the molecule is CCC(C)SCc1noc(CC(N)CC(C)C)n1. The van der Waals surface area contributed by atoms with Crippen LogP contribution < -0.4 is 5.73 Å². The molecule has 0 saturated heterocycles. The first kappa shape index (κ1) is 15.5. The van der Waals surface area contributed by atoms with Gasteiger partial charge in [0, 0.05) is 17.7 Å². The van der Waals surface area contributed by atoms with Crippen LogP contribution in [0.25, 0.3) is 0 Å². The van der Waals surface area contributed by atoms with Crippen LogP contribution in [0.2, 0.25) is 0 Å². The number of thioether (sulfide) groups is 1. The van der Waals surface area contributed by atoms with Crippen molar-refractivity contribution in [1.29, 1.82) is 0 Å². The van der Waals surface area contributed by atoms with Gasteiger partial charge in [-0.2, -0.15) is 16.7 Å². The van der Waals surface area contributed by atoms with Crippen molar-refractivity contribution in [3.63, 3.8) is 0 Å². The molecule has 0 amide bonds. The third-order valence-electron chi connectivity index (χ3n) is 2.79. The van der Waals surface area contributed by atoms with Gasteiger partial charge in [0.1, 0.15) is 0 Å². The Labute approximate surface area is 114 Å². The minimum absolute atomic E-state index is 0.112. The molecular formula is C13H25N3OS. The summed E-state index contributed by atoms with van der Waals surface area (Å²) in [5.41, 5.74) is 6.03. The van der Waals surface area contributed by atoms with Crippen LogP contribution in [0, 0.1) is 5.92 Å². The predicted octanol–water partition coefficient (Wildman–Crippen LogP) is 3.02. The number of aromatic nitrogens is 2. The van der Waals surface area contributed by atoms with E-state index in [1.165, 1.54) is 0 Å². The van der Waals surface area contributed by atoms with E-state index in [0.717, 1.165) is 24.4 Å². The standard InChI is InChI=1S/C13H25N3OS/c1-5-10(4)18-8-12-15-13(17-16-12)7-11(14)6-9(2)3/h9-11H,5-8,14H2,1-4H3. The minimum atomic E-state index is 0.112. The van der Waals surface area contributed by atoms with Crippen LogP contribution in [0.4, 0.5) is 0 Å². The summed E-state index contributed by atoms with van der Waals surface area (Å²) in [6.45, 7) is 8.73. The van der Waals surface area contributed by atoms with Gasteiger partial charge in [-0.25, -0.2) is 0 Å². The number of nitrogens with zero attached hydrogens (tertiary/aromatic N) is 2. The molecule has 4 nitrogen and oxygen atoms in total. The number of hydrogen-bond acceptors (Lipinski definition) is 5. The Morgan fingerprint density at radius 2 is 2.06 bits per heavy atom. The van der Waals surface area contributed by atoms with Gasteiger partial charge < -0.3 is 10.3 Å². The van der Waals surface area contributed by atoms with Gasteiger partial charge in [0.2, 0.25) is 5.89 Å². The lowest BCUT2D eigenvalue weighted by Gasteiger charge is -2.10. The van der Waals surface area contributed by atoms with Crippen LogP contribution >= 0.6 is 11.8 Å². The average Bonchev–Trinajstić information content (AvgIpc) is 2.72. The summed E-state index contributed by atoms with van der Waals surface area (Å²) in [5.74, 6) is 2.87. The number of hydrogen-bond donors (Lipinski definition) is 1. The van der Waals surface area contributed by atoms with Crippen LogP contribution in [0.5, 0.6) is 0 Å². The molecule has 1 heterocycles. The second-order valence-corrected chi connectivity index (χ2v) is 6.65. The Morgan fingerprint density at radius 3 is 2.67 bits per heavy atom. The first-order valence-electron chi connectivity index (χ1n) is 6.69. The van der Waals surface area contributed by atoms with Crippen molar-refractivity contribution in [3.8, 4) is 0 Å². The molecule has 1 aromatic rings. The molecule has 18 heavy (non-hydrogen) atoms. The molecule has 0 radical (unpaired) electrons. The van der Waals surface area contributed by atoms with Crippen LogP contribution in [0.15, 0.2) is 4.52 Å². The highest BCUT2D eigenvalue weighted by Gasteiger charge is 2.13. The first-order chi connectivity index (χ1) is 8.51. The van der Waals surface area contributed by atoms with E-state index in [1.807, 2.05) is 11.8 Å². The summed E-state index contributed by atoms with van der Waals surface area (Å²) in [6.07, 6.45) is 2.83. The second-order valence-electron chi connectivity index (χ2n) is 5.23. The maximum absolute atomic E-state index is 6.03. The predicted molar refractivity (Wildman–Crippen MR) is 76.5 cm³/mol. The molecule has 0 bridgehead atoms. The molecule has 0 aliphatic heterocycles. The van der Waals surface area contributed by atoms with Gasteiger partial charge in [0.05, 0.1) is 5.75 Å². The van der Waals surface area contributed by atoms with Gasteiger partial charge in [-0.1, -0.05) is 32.9 Å². The van der Waals surface area contributed by atoms with E-state index >= 15 is 0 Å². The molecule has 0 aliphatic carbocycles. The van der Waals surface area contributed by atoms with E-state index in [9.17, 15) is 0 Å². The van der Waals surface area contributed by atoms with Crippen LogP contribution in [0.1, 0.15) is 52.3 Å². The quantitative estimate of drug-likeness (QED) is 0.787. The molecule has 0 aromatic carbocycles. The molecule has 1 aromatic heterocycles. The third-order valence-corrected chi connectivity index (χ3v) is 4.12. The van der Waals surface area contributed by atoms with Gasteiger partial charge in [-0.15, -0.1) is 0 Å². The van der Waals surface area contributed by atoms with Crippen molar-refractivity contribution in [2.24, 2.45) is 11.7 Å². The zero-order valence-corrected chi connectivity index (χ0v) is 12.7. The van der Waals surface area contributed by atoms with Gasteiger partial charge in [-0.05, 0) is 18.8 Å². The summed E-state index contributed by atoms with van der Waals surface area (Å²) < 4.78 is 5.23. The Kier molecular flexibility index (Phi) is 6.71. The fourth-order valence-corrected chi connectivity index (χ4v) is 2.47. The monoisotopic (exact) mass is 271 g/mol. The Morgan fingerprint density at radius 1 is 1.33 bits per heavy atom. The molecule has 2 unspecified atom stereocenters. The molecule has 104 valence electrons. The van der Waals surface area contributed by atoms with Crippen LogP contribution in [0.3, 0.4) is 0 Å². The molecule has 2 N–H and O–H groups in total. The molecule has 0 spiro atoms. The highest BCUT2D eigenvalue weighted by atomic mass is 32.2. The Hall–Kier alpha value is -0.550. The van der Waals surface area contributed by atoms with E-state index in [2.05, 4.69) is 37.8 Å². The highest BCUT2D eigenvalue weighted by molar-refractivity contribution is 7.99. The molecule has 0 aliphatic rings. The highest BCUT2D eigenvalue weighted by Crippen LogP contribution is 2.18. The molecular weight excluding hydrogens is 246 g/mol. The first-order valence-corrected chi connectivity index (χ1v) is 7.74. The second kappa shape index (κ2) is 7.79. The van der Waals surface area contributed by atoms with Crippen LogP contribution in [-0.4, -0.2) is 21.4 Å². The fourth-order valence-electron chi connectivity index (χ4n) is 1.68. The van der Waals surface area contributed by atoms with E-state index in [1.54, 1.807) is 0 Å². The van der Waals surface area contributed by atoms with Crippen molar-refractivity contribution in [3.05, 3.63) is 11.7 Å². The lowest BCUT2D eigenvalue weighted by atomic mass is 10.0. The largest absolute Gasteiger partial charge is 0.339 e. The third kappa shape index (κ3) is 5.87. The molecule has 2 atom stereocenters. The van der Waals surface area contributed by atoms with Gasteiger partial charge in [-0.3, -0.25) is 0 Å². The minimum Gasteiger partial charge on any atom is -0.339 e. The zero-order chi connectivity index (χ0) is 13.5. The fraction of sp³-hybridized carbons (Fsp3) is 0.846. The van der Waals surface area contributed by atoms with Crippen LogP contribution in [-0.2, 0) is 12.2 Å². The van der Waals surface area contributed by atoms with Crippen molar-refractivity contribution in [1.82, 2.24) is 10.1 Å². The number of rotatable bonds is 8. The number of nitrogens with two attached hydrogens (primary N) is 1. The average molecular weight is 271 g/mol. The van der Waals surface area contributed by atoms with E-state index in [0.29, 0.717) is 23.5 Å². The van der Waals surface area contributed by atoms with E-state index in [4.69, 9.17) is 10.3 Å². The summed E-state index contributed by atoms with van der Waals surface area (Å²) in [7, 11) is 0. The maximum Gasteiger partial charge on any atom is 0.228 e. The van der Waals surface area contributed by atoms with Crippen molar-refractivity contribution >= 4 is 11.8 Å². The van der Waals surface area contributed by atoms with E-state index < -0.39 is 0 Å². The normalized spacial score (nSPS) is 15.0. The summed E-state index contributed by atoms with van der Waals surface area (Å²) in [5, 5.41) is 4.63. The summed E-state index contributed by atoms with van der Waals surface area (Å²) in [4.78, 5) is 4.39. The van der Waals surface area contributed by atoms with E-state index in [-0.39, 0.29) is 6.04 Å². The molecule has 0 fully saturated rings. The Balaban J connectivity index is 2.38. The lowest BCUT2D eigenvalue weighted by molar-refractivity contribution is 0.356. The van der Waals surface area contributed by atoms with Crippen molar-refractivity contribution < 1.29 is 4.52 Å². The summed E-state index contributed by atoms with van der Waals surface area (Å²) >= 11 is 1.86. The smallest absolute Gasteiger partial charge is 0.228 e. The zero-order valence-electron chi connectivity index (χ0n) is 11.8. The molecule has 1 rings (SSSR count). The van der Waals surface area contributed by atoms with Gasteiger partial charge in [0.15, 0.2) is 5.82 Å². The van der Waals surface area contributed by atoms with Crippen molar-refractivity contribution in [2.45, 2.75) is 64.0 Å². The molecule has 5 heteroatoms.